The van der Waals surface area contributed by atoms with Crippen LogP contribution in [0.2, 0.25) is 0 Å². The van der Waals surface area contributed by atoms with Crippen LogP contribution < -0.4 is 10.2 Å². The molecule has 2 aliphatic rings. The Bertz CT molecular complexity index is 790. The topological polar surface area (TPSA) is 41.1 Å². The van der Waals surface area contributed by atoms with Gasteiger partial charge in [0.15, 0.2) is 0 Å². The molecule has 4 heteroatoms. The average molecular weight is 336 g/mol. The molecule has 3 heterocycles. The molecule has 0 bridgehead atoms. The maximum Gasteiger partial charge on any atom is 0.225 e. The summed E-state index contributed by atoms with van der Waals surface area (Å²) in [7, 11) is 0. The van der Waals surface area contributed by atoms with Gasteiger partial charge in [-0.15, -0.1) is 0 Å². The van der Waals surface area contributed by atoms with Crippen molar-refractivity contribution in [2.75, 3.05) is 23.3 Å². The van der Waals surface area contributed by atoms with Gasteiger partial charge in [0, 0.05) is 36.1 Å². The van der Waals surface area contributed by atoms with Gasteiger partial charge in [-0.1, -0.05) is 13.0 Å². The summed E-state index contributed by atoms with van der Waals surface area (Å²) in [5.41, 5.74) is 6.33. The molecule has 0 aliphatic carbocycles. The second-order valence-corrected chi connectivity index (χ2v) is 8.30. The van der Waals surface area contributed by atoms with Crippen LogP contribution in [-0.4, -0.2) is 28.6 Å². The first-order valence-electron chi connectivity index (χ1n) is 9.44. The van der Waals surface area contributed by atoms with Gasteiger partial charge in [0.25, 0.3) is 0 Å². The van der Waals surface area contributed by atoms with E-state index in [2.05, 4.69) is 55.0 Å². The van der Waals surface area contributed by atoms with Gasteiger partial charge >= 0.3 is 0 Å². The first-order valence-corrected chi connectivity index (χ1v) is 9.44. The van der Waals surface area contributed by atoms with Gasteiger partial charge in [-0.05, 0) is 69.2 Å². The number of aryl methyl sites for hydroxylation is 1. The van der Waals surface area contributed by atoms with Crippen molar-refractivity contribution in [1.82, 2.24) is 9.97 Å². The van der Waals surface area contributed by atoms with Crippen LogP contribution in [0.15, 0.2) is 24.4 Å². The van der Waals surface area contributed by atoms with Crippen LogP contribution in [0.3, 0.4) is 0 Å². The van der Waals surface area contributed by atoms with E-state index in [1.54, 1.807) is 0 Å². The molecule has 1 aromatic heterocycles. The molecule has 25 heavy (non-hydrogen) atoms. The lowest BCUT2D eigenvalue weighted by molar-refractivity contribution is 0.454. The Balaban J connectivity index is 1.75. The maximum absolute atomic E-state index is 4.88. The van der Waals surface area contributed by atoms with Crippen molar-refractivity contribution in [2.24, 2.45) is 0 Å². The number of anilines is 2. The van der Waals surface area contributed by atoms with Crippen molar-refractivity contribution < 1.29 is 0 Å². The summed E-state index contributed by atoms with van der Waals surface area (Å²) in [6.07, 6.45) is 5.53. The molecule has 1 fully saturated rings. The molecular weight excluding hydrogens is 308 g/mol. The van der Waals surface area contributed by atoms with Crippen LogP contribution in [0.5, 0.6) is 0 Å². The largest absolute Gasteiger partial charge is 0.380 e. The minimum absolute atomic E-state index is 0.130. The number of benzene rings is 1. The number of rotatable bonds is 2. The molecule has 2 aliphatic heterocycles. The lowest BCUT2D eigenvalue weighted by Gasteiger charge is -2.38. The normalized spacial score (nSPS) is 21.8. The fraction of sp³-hybridized carbons (Fsp3) is 0.524. The maximum atomic E-state index is 4.88. The fourth-order valence-corrected chi connectivity index (χ4v) is 4.38. The summed E-state index contributed by atoms with van der Waals surface area (Å²) >= 11 is 0. The summed E-state index contributed by atoms with van der Waals surface area (Å²) in [6.45, 7) is 11.2. The zero-order valence-electron chi connectivity index (χ0n) is 15.8. The molecule has 4 nitrogen and oxygen atoms in total. The number of hydrogen-bond acceptors (Lipinski definition) is 4. The van der Waals surface area contributed by atoms with Crippen molar-refractivity contribution in [1.29, 1.82) is 0 Å². The third-order valence-electron chi connectivity index (χ3n) is 5.52. The Morgan fingerprint density at radius 1 is 1.20 bits per heavy atom. The van der Waals surface area contributed by atoms with E-state index >= 15 is 0 Å². The summed E-state index contributed by atoms with van der Waals surface area (Å²) < 4.78 is 0. The Morgan fingerprint density at radius 2 is 1.96 bits per heavy atom. The van der Waals surface area contributed by atoms with Crippen molar-refractivity contribution >= 4 is 11.6 Å². The molecule has 0 unspecified atom stereocenters. The van der Waals surface area contributed by atoms with E-state index in [1.165, 1.54) is 35.2 Å². The molecule has 4 rings (SSSR count). The Morgan fingerprint density at radius 3 is 2.72 bits per heavy atom. The quantitative estimate of drug-likeness (QED) is 0.859. The van der Waals surface area contributed by atoms with E-state index in [9.17, 15) is 0 Å². The van der Waals surface area contributed by atoms with Crippen molar-refractivity contribution in [3.63, 3.8) is 0 Å². The zero-order valence-corrected chi connectivity index (χ0v) is 15.8. The predicted molar refractivity (Wildman–Crippen MR) is 104 cm³/mol. The third kappa shape index (κ3) is 3.10. The Labute approximate surface area is 150 Å². The highest BCUT2D eigenvalue weighted by molar-refractivity contribution is 5.73. The van der Waals surface area contributed by atoms with E-state index in [1.807, 2.05) is 12.3 Å². The standard InChI is InChI=1S/C21H28N4/c1-14-11-16-15(2)13-21(3,4)24-19(16)12-17(14)18-7-8-22-20(23-18)25-9-5-6-10-25/h7-8,11-12,15,24H,5-6,9-10,13H2,1-4H3/t15-/m1/s1. The smallest absolute Gasteiger partial charge is 0.225 e. The van der Waals surface area contributed by atoms with E-state index < -0.39 is 0 Å². The number of nitrogens with one attached hydrogen (secondary N) is 1. The van der Waals surface area contributed by atoms with Crippen LogP contribution >= 0.6 is 0 Å². The fourth-order valence-electron chi connectivity index (χ4n) is 4.38. The molecule has 132 valence electrons. The second kappa shape index (κ2) is 6.01. The van der Waals surface area contributed by atoms with Crippen LogP contribution in [-0.2, 0) is 0 Å². The molecule has 0 radical (unpaired) electrons. The summed E-state index contributed by atoms with van der Waals surface area (Å²) in [6, 6.07) is 6.67. The number of aromatic nitrogens is 2. The molecule has 0 spiro atoms. The van der Waals surface area contributed by atoms with Crippen LogP contribution in [0.4, 0.5) is 11.6 Å². The first kappa shape index (κ1) is 16.4. The van der Waals surface area contributed by atoms with E-state index in [0.29, 0.717) is 5.92 Å². The van der Waals surface area contributed by atoms with Gasteiger partial charge in [0.2, 0.25) is 5.95 Å². The average Bonchev–Trinajstić information content (AvgIpc) is 3.09. The van der Waals surface area contributed by atoms with Gasteiger partial charge in [0.05, 0.1) is 5.69 Å². The van der Waals surface area contributed by atoms with Crippen molar-refractivity contribution in [3.05, 3.63) is 35.5 Å². The van der Waals surface area contributed by atoms with Crippen LogP contribution in [0.25, 0.3) is 11.3 Å². The highest BCUT2D eigenvalue weighted by Gasteiger charge is 2.30. The summed E-state index contributed by atoms with van der Waals surface area (Å²) in [5.74, 6) is 1.44. The number of nitrogens with zero attached hydrogens (tertiary/aromatic N) is 3. The highest BCUT2D eigenvalue weighted by atomic mass is 15.3. The monoisotopic (exact) mass is 336 g/mol. The molecule has 1 aromatic carbocycles. The first-order chi connectivity index (χ1) is 11.9. The lowest BCUT2D eigenvalue weighted by Crippen LogP contribution is -2.36. The third-order valence-corrected chi connectivity index (χ3v) is 5.52. The summed E-state index contributed by atoms with van der Waals surface area (Å²) in [5, 5.41) is 3.72. The minimum atomic E-state index is 0.130. The highest BCUT2D eigenvalue weighted by Crippen LogP contribution is 2.41. The zero-order chi connectivity index (χ0) is 17.6. The van der Waals surface area contributed by atoms with Crippen LogP contribution in [0.1, 0.15) is 57.1 Å². The number of fused-ring (bicyclic) bond motifs is 1. The van der Waals surface area contributed by atoms with Gasteiger partial charge in [-0.3, -0.25) is 0 Å². The molecule has 1 saturated heterocycles. The molecule has 0 saturated carbocycles. The Hall–Kier alpha value is -2.10. The van der Waals surface area contributed by atoms with Gasteiger partial charge < -0.3 is 10.2 Å². The molecule has 0 amide bonds. The van der Waals surface area contributed by atoms with E-state index in [-0.39, 0.29) is 5.54 Å². The molecule has 1 atom stereocenters. The number of hydrogen-bond donors (Lipinski definition) is 1. The van der Waals surface area contributed by atoms with E-state index in [0.717, 1.165) is 31.2 Å². The van der Waals surface area contributed by atoms with Crippen molar-refractivity contribution in [2.45, 2.75) is 58.4 Å². The molecule has 2 aromatic rings. The summed E-state index contributed by atoms with van der Waals surface area (Å²) in [4.78, 5) is 11.7. The van der Waals surface area contributed by atoms with Gasteiger partial charge in [0.1, 0.15) is 0 Å². The Kier molecular flexibility index (Phi) is 3.94. The second-order valence-electron chi connectivity index (χ2n) is 8.30. The van der Waals surface area contributed by atoms with Gasteiger partial charge in [-0.2, -0.15) is 0 Å². The minimum Gasteiger partial charge on any atom is -0.380 e. The SMILES string of the molecule is Cc1cc2c(cc1-c1ccnc(N3CCCC3)n1)NC(C)(C)C[C@H]2C. The van der Waals surface area contributed by atoms with E-state index in [4.69, 9.17) is 4.98 Å². The predicted octanol–water partition coefficient (Wildman–Crippen LogP) is 4.75. The van der Waals surface area contributed by atoms with Gasteiger partial charge in [-0.25, -0.2) is 9.97 Å². The van der Waals surface area contributed by atoms with Crippen LogP contribution in [0, 0.1) is 6.92 Å². The van der Waals surface area contributed by atoms with Crippen molar-refractivity contribution in [3.8, 4) is 11.3 Å². The molecular formula is C21H28N4. The lowest BCUT2D eigenvalue weighted by atomic mass is 9.80. The molecule has 1 N–H and O–H groups in total.